The number of imidazole rings is 1. The van der Waals surface area contributed by atoms with Gasteiger partial charge in [-0.05, 0) is 69.5 Å². The van der Waals surface area contributed by atoms with E-state index in [2.05, 4.69) is 36.8 Å². The van der Waals surface area contributed by atoms with Crippen LogP contribution in [0.2, 0.25) is 0 Å². The molecule has 0 radical (unpaired) electrons. The molecule has 1 fully saturated rings. The molecule has 0 spiro atoms. The van der Waals surface area contributed by atoms with E-state index in [1.165, 1.54) is 4.80 Å². The van der Waals surface area contributed by atoms with Gasteiger partial charge in [-0.3, -0.25) is 9.59 Å². The highest BCUT2D eigenvalue weighted by Crippen LogP contribution is 2.35. The fourth-order valence-corrected chi connectivity index (χ4v) is 6.71. The van der Waals surface area contributed by atoms with Gasteiger partial charge in [-0.15, -0.1) is 5.10 Å². The number of nitrogens with one attached hydrogen (secondary N) is 3. The molecule has 2 bridgehead atoms. The van der Waals surface area contributed by atoms with Gasteiger partial charge in [0, 0.05) is 38.1 Å². The van der Waals surface area contributed by atoms with Crippen LogP contribution in [0.4, 0.5) is 4.39 Å². The Morgan fingerprint density at radius 3 is 2.77 bits per heavy atom. The molecular weight excluding hydrogens is 603 g/mol. The van der Waals surface area contributed by atoms with E-state index in [-0.39, 0.29) is 17.9 Å². The van der Waals surface area contributed by atoms with Crippen LogP contribution >= 0.6 is 0 Å². The fourth-order valence-electron chi connectivity index (χ4n) is 6.71. The van der Waals surface area contributed by atoms with Crippen molar-refractivity contribution >= 4 is 33.9 Å². The van der Waals surface area contributed by atoms with Gasteiger partial charge in [0.05, 0.1) is 41.8 Å². The molecular formula is C33H39FN10O3. The molecule has 3 N–H and O–H groups in total. The van der Waals surface area contributed by atoms with Crippen LogP contribution < -0.4 is 20.7 Å². The molecule has 2 aliphatic heterocycles. The van der Waals surface area contributed by atoms with Crippen LogP contribution in [0.3, 0.4) is 0 Å². The highest BCUT2D eigenvalue weighted by molar-refractivity contribution is 6.00. The average molecular weight is 643 g/mol. The zero-order chi connectivity index (χ0) is 32.8. The van der Waals surface area contributed by atoms with Crippen LogP contribution in [0, 0.1) is 0 Å². The van der Waals surface area contributed by atoms with E-state index in [0.29, 0.717) is 66.5 Å². The largest absolute Gasteiger partial charge is 0.494 e. The molecule has 47 heavy (non-hydrogen) atoms. The molecule has 0 saturated carbocycles. The number of aromatic nitrogens is 7. The monoisotopic (exact) mass is 642 g/mol. The highest BCUT2D eigenvalue weighted by atomic mass is 19.1. The first-order valence-electron chi connectivity index (χ1n) is 16.1. The third kappa shape index (κ3) is 5.70. The number of piperidine rings is 1. The number of methoxy groups -OCH3 is 1. The predicted octanol–water partition coefficient (Wildman–Crippen LogP) is 3.37. The first-order chi connectivity index (χ1) is 22.7. The van der Waals surface area contributed by atoms with Gasteiger partial charge in [-0.25, -0.2) is 14.4 Å². The van der Waals surface area contributed by atoms with Crippen molar-refractivity contribution in [1.29, 1.82) is 0 Å². The Hall–Kier alpha value is -4.85. The summed E-state index contributed by atoms with van der Waals surface area (Å²) in [7, 11) is 5.22. The second-order valence-electron chi connectivity index (χ2n) is 12.5. The lowest BCUT2D eigenvalue weighted by Gasteiger charge is -2.27. The SMILES string of the molecule is COc1cc(C(=O)N[C@H]2CNCC[C@@H]2F)cc2nc(-c3cc4ccc5nc4n3CCCCCc3nn(C)nc3C(=O)N[C@@H]5C)n(C)c12. The van der Waals surface area contributed by atoms with Crippen molar-refractivity contribution in [2.75, 3.05) is 20.2 Å². The number of hydrogen-bond donors (Lipinski definition) is 3. The number of halogens is 1. The smallest absolute Gasteiger partial charge is 0.274 e. The molecule has 7 rings (SSSR count). The molecule has 14 heteroatoms. The van der Waals surface area contributed by atoms with Crippen molar-refractivity contribution in [3.8, 4) is 17.3 Å². The number of carbonyl (C=O) groups is 2. The number of rotatable bonds is 4. The number of ether oxygens (including phenoxy) is 1. The third-order valence-electron chi connectivity index (χ3n) is 9.21. The van der Waals surface area contributed by atoms with Crippen molar-refractivity contribution in [3.05, 3.63) is 53.0 Å². The molecule has 2 amide bonds. The number of aryl methyl sites for hydroxylation is 4. The molecule has 1 saturated heterocycles. The molecule has 1 aromatic carbocycles. The molecule has 3 atom stereocenters. The Balaban J connectivity index is 1.27. The van der Waals surface area contributed by atoms with Crippen LogP contribution in [0.25, 0.3) is 33.6 Å². The summed E-state index contributed by atoms with van der Waals surface area (Å²) in [4.78, 5) is 38.0. The average Bonchev–Trinajstić information content (AvgIpc) is 3.73. The molecule has 0 aliphatic carbocycles. The van der Waals surface area contributed by atoms with Crippen LogP contribution in [-0.2, 0) is 27.1 Å². The summed E-state index contributed by atoms with van der Waals surface area (Å²) in [6, 6.07) is 8.47. The van der Waals surface area contributed by atoms with Gasteiger partial charge < -0.3 is 29.8 Å². The Labute approximate surface area is 270 Å². The van der Waals surface area contributed by atoms with Gasteiger partial charge in [0.25, 0.3) is 11.8 Å². The number of hydrogen-bond acceptors (Lipinski definition) is 8. The lowest BCUT2D eigenvalue weighted by Crippen LogP contribution is -2.52. The maximum absolute atomic E-state index is 14.5. The summed E-state index contributed by atoms with van der Waals surface area (Å²) in [6.07, 6.45) is 2.57. The Bertz CT molecular complexity index is 2000. The van der Waals surface area contributed by atoms with E-state index < -0.39 is 12.2 Å². The molecule has 246 valence electrons. The molecule has 5 aromatic rings. The van der Waals surface area contributed by atoms with Crippen LogP contribution in [0.5, 0.6) is 5.75 Å². The van der Waals surface area contributed by atoms with E-state index in [1.54, 1.807) is 26.3 Å². The lowest BCUT2D eigenvalue weighted by molar-refractivity contribution is 0.0891. The van der Waals surface area contributed by atoms with Gasteiger partial charge in [0.2, 0.25) is 0 Å². The van der Waals surface area contributed by atoms with Crippen molar-refractivity contribution in [2.24, 2.45) is 14.1 Å². The summed E-state index contributed by atoms with van der Waals surface area (Å²) in [6.45, 7) is 3.59. The summed E-state index contributed by atoms with van der Waals surface area (Å²) in [5.74, 6) is 0.556. The van der Waals surface area contributed by atoms with Crippen LogP contribution in [0.15, 0.2) is 30.3 Å². The minimum atomic E-state index is -1.10. The van der Waals surface area contributed by atoms with E-state index >= 15 is 0 Å². The van der Waals surface area contributed by atoms with Gasteiger partial charge in [-0.2, -0.15) is 9.90 Å². The standard InChI is InChI=1S/C33H39FN10O3/c1-18-22-10-9-19-15-26(44(30(19)37-22)13-7-5-6-8-23-28(33(46)36-18)41-43(3)40-23)31-38-24-14-20(16-27(47-4)29(24)42(31)2)32(45)39-25-17-35-12-11-21(25)34/h9-10,14-16,18,21,25,35H,5-8,11-13,17H2,1-4H3,(H,36,46)(H,39,45)/t18-,21+,25+/m1/s1. The Morgan fingerprint density at radius 2 is 1.96 bits per heavy atom. The topological polar surface area (TPSA) is 146 Å². The number of nitrogens with zero attached hydrogens (tertiary/aromatic N) is 7. The first-order valence-corrected chi connectivity index (χ1v) is 16.1. The maximum Gasteiger partial charge on any atom is 0.274 e. The maximum atomic E-state index is 14.5. The molecule has 2 aliphatic rings. The first kappa shape index (κ1) is 30.8. The molecule has 4 aromatic heterocycles. The highest BCUT2D eigenvalue weighted by Gasteiger charge is 2.28. The molecule has 0 unspecified atom stereocenters. The van der Waals surface area contributed by atoms with E-state index in [1.807, 2.05) is 30.7 Å². The number of pyridine rings is 1. The van der Waals surface area contributed by atoms with Gasteiger partial charge >= 0.3 is 0 Å². The van der Waals surface area contributed by atoms with Crippen molar-refractivity contribution < 1.29 is 18.7 Å². The summed E-state index contributed by atoms with van der Waals surface area (Å²) in [5, 5.41) is 18.8. The number of alkyl halides is 1. The predicted molar refractivity (Wildman–Crippen MR) is 174 cm³/mol. The van der Waals surface area contributed by atoms with Gasteiger partial charge in [0.1, 0.15) is 23.1 Å². The van der Waals surface area contributed by atoms with Gasteiger partial charge in [-0.1, -0.05) is 6.42 Å². The second-order valence-corrected chi connectivity index (χ2v) is 12.5. The van der Waals surface area contributed by atoms with E-state index in [0.717, 1.165) is 47.2 Å². The summed E-state index contributed by atoms with van der Waals surface area (Å²) < 4.78 is 24.4. The number of amides is 2. The summed E-state index contributed by atoms with van der Waals surface area (Å²) >= 11 is 0. The van der Waals surface area contributed by atoms with Crippen molar-refractivity contribution in [1.82, 2.24) is 50.0 Å². The second kappa shape index (κ2) is 12.4. The fraction of sp³-hybridized carbons (Fsp3) is 0.455. The van der Waals surface area contributed by atoms with Crippen molar-refractivity contribution in [2.45, 2.75) is 63.8 Å². The number of carbonyl (C=O) groups excluding carboxylic acids is 2. The van der Waals surface area contributed by atoms with Crippen molar-refractivity contribution in [3.63, 3.8) is 0 Å². The Kier molecular flexibility index (Phi) is 8.12. The normalized spacial score (nSPS) is 20.6. The zero-order valence-corrected chi connectivity index (χ0v) is 27.0. The number of fused-ring (bicyclic) bond motifs is 3. The molecule has 6 heterocycles. The minimum Gasteiger partial charge on any atom is -0.494 e. The quantitative estimate of drug-likeness (QED) is 0.271. The van der Waals surface area contributed by atoms with E-state index in [4.69, 9.17) is 14.7 Å². The van der Waals surface area contributed by atoms with Crippen LogP contribution in [0.1, 0.15) is 70.9 Å². The number of benzene rings is 1. The lowest BCUT2D eigenvalue weighted by atomic mass is 10.0. The van der Waals surface area contributed by atoms with E-state index in [9.17, 15) is 14.0 Å². The third-order valence-corrected chi connectivity index (χ3v) is 9.21. The van der Waals surface area contributed by atoms with Crippen LogP contribution in [-0.4, -0.2) is 78.3 Å². The zero-order valence-electron chi connectivity index (χ0n) is 27.0. The summed E-state index contributed by atoms with van der Waals surface area (Å²) in [5.41, 5.74) is 5.15. The minimum absolute atomic E-state index is 0.266. The molecule has 13 nitrogen and oxygen atoms in total. The Morgan fingerprint density at radius 1 is 1.11 bits per heavy atom. The van der Waals surface area contributed by atoms with Gasteiger partial charge in [0.15, 0.2) is 11.5 Å².